The van der Waals surface area contributed by atoms with Gasteiger partial charge in [0.2, 0.25) is 0 Å². The zero-order chi connectivity index (χ0) is 15.8. The Labute approximate surface area is 115 Å². The molecule has 2 aromatic carbocycles. The number of hydrogen-bond acceptors (Lipinski definition) is 1. The van der Waals surface area contributed by atoms with Crippen LogP contribution >= 0.6 is 0 Å². The number of rotatable bonds is 2. The van der Waals surface area contributed by atoms with Crippen molar-refractivity contribution in [2.75, 3.05) is 0 Å². The van der Waals surface area contributed by atoms with Crippen LogP contribution < -0.4 is 0 Å². The molecule has 112 valence electrons. The van der Waals surface area contributed by atoms with Crippen LogP contribution in [0.4, 0.5) is 26.3 Å². The molecule has 2 rings (SSSR count). The molecule has 1 nitrogen and oxygen atoms in total. The summed E-state index contributed by atoms with van der Waals surface area (Å²) >= 11 is 0. The fourth-order valence-corrected chi connectivity index (χ4v) is 1.84. The van der Waals surface area contributed by atoms with E-state index in [4.69, 9.17) is 0 Å². The Hall–Kier alpha value is -2.02. The Bertz CT molecular complexity index is 624. The van der Waals surface area contributed by atoms with Gasteiger partial charge in [0.15, 0.2) is 0 Å². The third-order valence-electron chi connectivity index (χ3n) is 2.87. The molecule has 0 aromatic heterocycles. The fraction of sp³-hybridized carbons (Fsp3) is 0.143. The van der Waals surface area contributed by atoms with Crippen LogP contribution in [-0.2, 0) is 6.18 Å². The van der Waals surface area contributed by atoms with Crippen LogP contribution in [0.25, 0.3) is 0 Å². The molecule has 0 aliphatic rings. The molecule has 0 bridgehead atoms. The van der Waals surface area contributed by atoms with E-state index in [1.165, 1.54) is 0 Å². The summed E-state index contributed by atoms with van der Waals surface area (Å²) in [4.78, 5) is 0. The zero-order valence-electron chi connectivity index (χ0n) is 10.3. The van der Waals surface area contributed by atoms with Gasteiger partial charge in [-0.2, -0.15) is 13.2 Å². The molecule has 0 amide bonds. The first kappa shape index (κ1) is 15.4. The third-order valence-corrected chi connectivity index (χ3v) is 2.87. The van der Waals surface area contributed by atoms with Crippen LogP contribution in [0.1, 0.15) is 22.8 Å². The van der Waals surface area contributed by atoms with Crippen LogP contribution in [-0.4, -0.2) is 5.11 Å². The van der Waals surface area contributed by atoms with Crippen LogP contribution in [0, 0.1) is 17.5 Å². The fourth-order valence-electron chi connectivity index (χ4n) is 1.84. The van der Waals surface area contributed by atoms with E-state index in [9.17, 15) is 31.4 Å². The van der Waals surface area contributed by atoms with Crippen molar-refractivity contribution >= 4 is 0 Å². The minimum atomic E-state index is -4.56. The average molecular weight is 306 g/mol. The maximum absolute atomic E-state index is 13.5. The Balaban J connectivity index is 2.39. The minimum absolute atomic E-state index is 0.146. The second-order valence-electron chi connectivity index (χ2n) is 4.31. The summed E-state index contributed by atoms with van der Waals surface area (Å²) in [5.74, 6) is -3.80. The van der Waals surface area contributed by atoms with Crippen molar-refractivity contribution in [2.24, 2.45) is 0 Å². The number of benzene rings is 2. The second-order valence-corrected chi connectivity index (χ2v) is 4.31. The largest absolute Gasteiger partial charge is 0.416 e. The Morgan fingerprint density at radius 1 is 0.857 bits per heavy atom. The van der Waals surface area contributed by atoms with Gasteiger partial charge in [0, 0.05) is 12.1 Å². The van der Waals surface area contributed by atoms with Gasteiger partial charge >= 0.3 is 6.18 Å². The first-order valence-corrected chi connectivity index (χ1v) is 5.70. The highest BCUT2D eigenvalue weighted by Crippen LogP contribution is 2.32. The Morgan fingerprint density at radius 3 is 1.76 bits per heavy atom. The molecule has 0 heterocycles. The van der Waals surface area contributed by atoms with E-state index in [1.807, 2.05) is 0 Å². The number of hydrogen-bond donors (Lipinski definition) is 1. The molecule has 0 aliphatic carbocycles. The maximum Gasteiger partial charge on any atom is 0.416 e. The Morgan fingerprint density at radius 2 is 1.33 bits per heavy atom. The summed E-state index contributed by atoms with van der Waals surface area (Å²) < 4.78 is 76.9. The van der Waals surface area contributed by atoms with Gasteiger partial charge in [-0.25, -0.2) is 13.2 Å². The number of aliphatic hydroxyl groups is 1. The summed E-state index contributed by atoms with van der Waals surface area (Å²) in [7, 11) is 0. The maximum atomic E-state index is 13.5. The summed E-state index contributed by atoms with van der Waals surface area (Å²) in [6.07, 6.45) is -6.40. The average Bonchev–Trinajstić information content (AvgIpc) is 2.36. The predicted molar refractivity (Wildman–Crippen MR) is 61.8 cm³/mol. The predicted octanol–water partition coefficient (Wildman–Crippen LogP) is 4.20. The summed E-state index contributed by atoms with van der Waals surface area (Å²) in [5.41, 5.74) is -1.93. The first-order chi connectivity index (χ1) is 9.70. The van der Waals surface area contributed by atoms with Gasteiger partial charge in [-0.05, 0) is 17.7 Å². The molecule has 0 aliphatic heterocycles. The lowest BCUT2D eigenvalue weighted by atomic mass is 9.99. The Kier molecular flexibility index (Phi) is 3.95. The first-order valence-electron chi connectivity index (χ1n) is 5.70. The molecular formula is C14H8F6O. The van der Waals surface area contributed by atoms with Crippen LogP contribution in [0.2, 0.25) is 0 Å². The molecule has 1 atom stereocenters. The molecule has 0 saturated carbocycles. The topological polar surface area (TPSA) is 20.2 Å². The number of halogens is 6. The van der Waals surface area contributed by atoms with E-state index in [2.05, 4.69) is 0 Å². The quantitative estimate of drug-likeness (QED) is 0.824. The molecule has 1 unspecified atom stereocenters. The molecule has 0 spiro atoms. The highest BCUT2D eigenvalue weighted by Gasteiger charge is 2.30. The highest BCUT2D eigenvalue weighted by molar-refractivity contribution is 5.34. The van der Waals surface area contributed by atoms with E-state index in [0.717, 1.165) is 12.1 Å². The van der Waals surface area contributed by atoms with Crippen molar-refractivity contribution in [3.8, 4) is 0 Å². The van der Waals surface area contributed by atoms with E-state index in [1.54, 1.807) is 0 Å². The van der Waals surface area contributed by atoms with E-state index in [-0.39, 0.29) is 5.56 Å². The molecule has 2 aromatic rings. The molecule has 0 fully saturated rings. The lowest BCUT2D eigenvalue weighted by molar-refractivity contribution is -0.137. The van der Waals surface area contributed by atoms with Crippen LogP contribution in [0.5, 0.6) is 0 Å². The van der Waals surface area contributed by atoms with Gasteiger partial charge in [-0.3, -0.25) is 0 Å². The van der Waals surface area contributed by atoms with Gasteiger partial charge in [-0.1, -0.05) is 12.1 Å². The summed E-state index contributed by atoms with van der Waals surface area (Å²) in [6, 6.07) is 3.92. The molecule has 7 heteroatoms. The normalized spacial score (nSPS) is 13.3. The van der Waals surface area contributed by atoms with E-state index < -0.39 is 40.9 Å². The number of alkyl halides is 3. The van der Waals surface area contributed by atoms with E-state index >= 15 is 0 Å². The lowest BCUT2D eigenvalue weighted by Crippen LogP contribution is -2.08. The van der Waals surface area contributed by atoms with Gasteiger partial charge in [0.1, 0.15) is 23.6 Å². The van der Waals surface area contributed by atoms with Gasteiger partial charge in [0.25, 0.3) is 0 Å². The van der Waals surface area contributed by atoms with Gasteiger partial charge in [-0.15, -0.1) is 0 Å². The van der Waals surface area contributed by atoms with Crippen molar-refractivity contribution in [3.05, 3.63) is 70.5 Å². The smallest absolute Gasteiger partial charge is 0.383 e. The summed E-state index contributed by atoms with van der Waals surface area (Å²) in [5, 5.41) is 9.85. The second kappa shape index (κ2) is 5.40. The van der Waals surface area contributed by atoms with Crippen molar-refractivity contribution in [1.29, 1.82) is 0 Å². The molecule has 0 saturated heterocycles. The van der Waals surface area contributed by atoms with Crippen molar-refractivity contribution in [3.63, 3.8) is 0 Å². The minimum Gasteiger partial charge on any atom is -0.383 e. The van der Waals surface area contributed by atoms with Crippen molar-refractivity contribution < 1.29 is 31.4 Å². The SMILES string of the molecule is OC(c1ccc(C(F)(F)F)cc1)c1c(F)cc(F)cc1F. The van der Waals surface area contributed by atoms with Crippen LogP contribution in [0.3, 0.4) is 0 Å². The highest BCUT2D eigenvalue weighted by atomic mass is 19.4. The molecule has 0 radical (unpaired) electrons. The van der Waals surface area contributed by atoms with Gasteiger partial charge < -0.3 is 5.11 Å². The van der Waals surface area contributed by atoms with E-state index in [0.29, 0.717) is 24.3 Å². The van der Waals surface area contributed by atoms with Crippen molar-refractivity contribution in [2.45, 2.75) is 12.3 Å². The zero-order valence-corrected chi connectivity index (χ0v) is 10.3. The summed E-state index contributed by atoms with van der Waals surface area (Å²) in [6.45, 7) is 0. The molecule has 1 N–H and O–H groups in total. The van der Waals surface area contributed by atoms with Crippen molar-refractivity contribution in [1.82, 2.24) is 0 Å². The standard InChI is InChI=1S/C14H8F6O/c15-9-5-10(16)12(11(17)6-9)13(21)7-1-3-8(4-2-7)14(18,19)20/h1-6,13,21H. The van der Waals surface area contributed by atoms with Crippen LogP contribution in [0.15, 0.2) is 36.4 Å². The monoisotopic (exact) mass is 306 g/mol. The molecular weight excluding hydrogens is 298 g/mol. The third kappa shape index (κ3) is 3.18. The number of aliphatic hydroxyl groups excluding tert-OH is 1. The lowest BCUT2D eigenvalue weighted by Gasteiger charge is -2.14. The molecule has 21 heavy (non-hydrogen) atoms. The van der Waals surface area contributed by atoms with Gasteiger partial charge in [0.05, 0.1) is 11.1 Å².